The van der Waals surface area contributed by atoms with E-state index in [0.29, 0.717) is 12.2 Å². The minimum absolute atomic E-state index is 0.0172. The largest absolute Gasteiger partial charge is 0.393 e. The zero-order chi connectivity index (χ0) is 13.3. The first-order chi connectivity index (χ1) is 8.43. The molecule has 1 aromatic rings. The zero-order valence-corrected chi connectivity index (χ0v) is 10.2. The lowest BCUT2D eigenvalue weighted by molar-refractivity contribution is -0.198. The lowest BCUT2D eigenvalue weighted by atomic mass is 9.82. The molecule has 6 heteroatoms. The zero-order valence-electron chi connectivity index (χ0n) is 10.2. The molecule has 102 valence electrons. The van der Waals surface area contributed by atoms with Crippen LogP contribution in [0.2, 0.25) is 0 Å². The molecule has 2 rings (SSSR count). The number of nitrogens with zero attached hydrogens (tertiary/aromatic N) is 2. The summed E-state index contributed by atoms with van der Waals surface area (Å²) in [6, 6.07) is -0.730. The summed E-state index contributed by atoms with van der Waals surface area (Å²) >= 11 is 0. The van der Waals surface area contributed by atoms with Crippen LogP contribution in [0.5, 0.6) is 0 Å². The Kier molecular flexibility index (Phi) is 3.66. The molecular weight excluding hydrogens is 245 g/mol. The second-order valence-corrected chi connectivity index (χ2v) is 4.79. The van der Waals surface area contributed by atoms with Gasteiger partial charge in [0, 0.05) is 24.9 Å². The van der Waals surface area contributed by atoms with Crippen molar-refractivity contribution in [3.8, 4) is 0 Å². The summed E-state index contributed by atoms with van der Waals surface area (Å²) in [6.07, 6.45) is -0.834. The van der Waals surface area contributed by atoms with Crippen molar-refractivity contribution >= 4 is 0 Å². The minimum Gasteiger partial charge on any atom is -0.393 e. The second-order valence-electron chi connectivity index (χ2n) is 4.79. The number of imidazole rings is 1. The lowest BCUT2D eigenvalue weighted by Crippen LogP contribution is -2.38. The molecule has 0 aliphatic heterocycles. The van der Waals surface area contributed by atoms with Crippen LogP contribution >= 0.6 is 0 Å². The Morgan fingerprint density at radius 3 is 2.78 bits per heavy atom. The fourth-order valence-corrected chi connectivity index (χ4v) is 2.73. The third-order valence-corrected chi connectivity index (χ3v) is 3.63. The quantitative estimate of drug-likeness (QED) is 0.890. The Balaban J connectivity index is 2.31. The van der Waals surface area contributed by atoms with Crippen LogP contribution < -0.4 is 0 Å². The normalized spacial score (nSPS) is 29.5. The summed E-state index contributed by atoms with van der Waals surface area (Å²) in [5.41, 5.74) is 0. The van der Waals surface area contributed by atoms with Crippen LogP contribution in [0.3, 0.4) is 0 Å². The molecule has 3 atom stereocenters. The van der Waals surface area contributed by atoms with Crippen molar-refractivity contribution < 1.29 is 18.3 Å². The summed E-state index contributed by atoms with van der Waals surface area (Å²) < 4.78 is 40.7. The molecule has 1 aliphatic rings. The topological polar surface area (TPSA) is 38.0 Å². The van der Waals surface area contributed by atoms with Crippen LogP contribution in [0, 0.1) is 5.92 Å². The predicted octanol–water partition coefficient (Wildman–Crippen LogP) is 2.71. The van der Waals surface area contributed by atoms with E-state index in [0.717, 1.165) is 0 Å². The Bertz CT molecular complexity index is 402. The highest BCUT2D eigenvalue weighted by atomic mass is 19.4. The Morgan fingerprint density at radius 2 is 2.17 bits per heavy atom. The van der Waals surface area contributed by atoms with E-state index in [-0.39, 0.29) is 19.3 Å². The number of aliphatic hydroxyl groups excluding tert-OH is 1. The molecule has 0 spiro atoms. The number of aromatic nitrogens is 2. The van der Waals surface area contributed by atoms with Gasteiger partial charge in [-0.05, 0) is 19.3 Å². The van der Waals surface area contributed by atoms with E-state index in [9.17, 15) is 18.3 Å². The number of alkyl halides is 3. The Morgan fingerprint density at radius 1 is 1.44 bits per heavy atom. The van der Waals surface area contributed by atoms with E-state index in [1.165, 1.54) is 6.20 Å². The van der Waals surface area contributed by atoms with E-state index in [2.05, 4.69) is 4.98 Å². The highest BCUT2D eigenvalue weighted by molar-refractivity contribution is 4.99. The molecule has 1 N–H and O–H groups in total. The number of halogens is 3. The van der Waals surface area contributed by atoms with Crippen molar-refractivity contribution in [3.63, 3.8) is 0 Å². The van der Waals surface area contributed by atoms with Gasteiger partial charge in [0.05, 0.1) is 12.0 Å². The maximum Gasteiger partial charge on any atom is 0.393 e. The molecule has 1 heterocycles. The van der Waals surface area contributed by atoms with Crippen LogP contribution in [0.1, 0.15) is 38.1 Å². The van der Waals surface area contributed by atoms with Crippen molar-refractivity contribution in [2.24, 2.45) is 5.92 Å². The van der Waals surface area contributed by atoms with Gasteiger partial charge < -0.3 is 9.67 Å². The molecule has 1 aromatic heterocycles. The van der Waals surface area contributed by atoms with Crippen LogP contribution in [-0.4, -0.2) is 26.9 Å². The SMILES string of the molecule is CCc1nccn1C1CC(O)CCC1C(F)(F)F. The van der Waals surface area contributed by atoms with Gasteiger partial charge in [0.2, 0.25) is 0 Å². The Hall–Kier alpha value is -1.04. The summed E-state index contributed by atoms with van der Waals surface area (Å²) in [4.78, 5) is 4.07. The number of hydrogen-bond donors (Lipinski definition) is 1. The Labute approximate surface area is 104 Å². The van der Waals surface area contributed by atoms with Gasteiger partial charge in [0.25, 0.3) is 0 Å². The first kappa shape index (κ1) is 13.4. The third kappa shape index (κ3) is 2.53. The molecule has 0 amide bonds. The van der Waals surface area contributed by atoms with Gasteiger partial charge >= 0.3 is 6.18 Å². The first-order valence-corrected chi connectivity index (χ1v) is 6.20. The van der Waals surface area contributed by atoms with Gasteiger partial charge in [-0.15, -0.1) is 0 Å². The van der Waals surface area contributed by atoms with Crippen molar-refractivity contribution in [1.82, 2.24) is 9.55 Å². The molecule has 0 bridgehead atoms. The summed E-state index contributed by atoms with van der Waals surface area (Å²) in [7, 11) is 0. The molecule has 0 aromatic carbocycles. The number of aliphatic hydroxyl groups is 1. The van der Waals surface area contributed by atoms with Crippen LogP contribution in [-0.2, 0) is 6.42 Å². The van der Waals surface area contributed by atoms with Gasteiger partial charge in [-0.25, -0.2) is 4.98 Å². The average molecular weight is 262 g/mol. The van der Waals surface area contributed by atoms with Crippen LogP contribution in [0.4, 0.5) is 13.2 Å². The smallest absolute Gasteiger partial charge is 0.393 e. The van der Waals surface area contributed by atoms with Gasteiger partial charge in [0.1, 0.15) is 5.82 Å². The molecule has 18 heavy (non-hydrogen) atoms. The summed E-state index contributed by atoms with van der Waals surface area (Å²) in [5.74, 6) is -0.747. The highest BCUT2D eigenvalue weighted by Gasteiger charge is 2.48. The van der Waals surface area contributed by atoms with Crippen molar-refractivity contribution in [2.75, 3.05) is 0 Å². The average Bonchev–Trinajstić information content (AvgIpc) is 2.75. The van der Waals surface area contributed by atoms with Gasteiger partial charge in [0.15, 0.2) is 0 Å². The molecule has 3 unspecified atom stereocenters. The van der Waals surface area contributed by atoms with Crippen molar-refractivity contribution in [1.29, 1.82) is 0 Å². The van der Waals surface area contributed by atoms with E-state index in [4.69, 9.17) is 0 Å². The fourth-order valence-electron chi connectivity index (χ4n) is 2.73. The summed E-state index contributed by atoms with van der Waals surface area (Å²) in [5, 5.41) is 9.62. The number of aryl methyl sites for hydroxylation is 1. The molecule has 1 aliphatic carbocycles. The van der Waals surface area contributed by atoms with Gasteiger partial charge in [-0.3, -0.25) is 0 Å². The third-order valence-electron chi connectivity index (χ3n) is 3.63. The van der Waals surface area contributed by atoms with E-state index >= 15 is 0 Å². The number of hydrogen-bond acceptors (Lipinski definition) is 2. The highest BCUT2D eigenvalue weighted by Crippen LogP contribution is 2.44. The van der Waals surface area contributed by atoms with E-state index in [1.54, 1.807) is 10.8 Å². The van der Waals surface area contributed by atoms with E-state index in [1.807, 2.05) is 6.92 Å². The van der Waals surface area contributed by atoms with Gasteiger partial charge in [-0.2, -0.15) is 13.2 Å². The maximum atomic E-state index is 13.0. The molecule has 0 radical (unpaired) electrons. The molecule has 1 fully saturated rings. The molecule has 0 saturated heterocycles. The van der Waals surface area contributed by atoms with Crippen molar-refractivity contribution in [3.05, 3.63) is 18.2 Å². The van der Waals surface area contributed by atoms with Crippen molar-refractivity contribution in [2.45, 2.75) is 50.9 Å². The molecular formula is C12H17F3N2O. The van der Waals surface area contributed by atoms with Crippen LogP contribution in [0.25, 0.3) is 0 Å². The first-order valence-electron chi connectivity index (χ1n) is 6.20. The fraction of sp³-hybridized carbons (Fsp3) is 0.750. The second kappa shape index (κ2) is 4.91. The van der Waals surface area contributed by atoms with Crippen LogP contribution in [0.15, 0.2) is 12.4 Å². The lowest BCUT2D eigenvalue weighted by Gasteiger charge is -2.36. The van der Waals surface area contributed by atoms with E-state index < -0.39 is 24.2 Å². The summed E-state index contributed by atoms with van der Waals surface area (Å²) in [6.45, 7) is 1.86. The number of rotatable bonds is 2. The monoisotopic (exact) mass is 262 g/mol. The molecule has 3 nitrogen and oxygen atoms in total. The standard InChI is InChI=1S/C12H17F3N2O/c1-2-11-16-5-6-17(11)10-7-8(18)3-4-9(10)12(13,14)15/h5-6,8-10,18H,2-4,7H2,1H3. The van der Waals surface area contributed by atoms with Gasteiger partial charge in [-0.1, -0.05) is 6.92 Å². The predicted molar refractivity (Wildman–Crippen MR) is 60.0 cm³/mol. The minimum atomic E-state index is -4.22. The molecule has 1 saturated carbocycles. The maximum absolute atomic E-state index is 13.0.